The number of carbonyl (C=O) groups excluding carboxylic acids is 1. The number of halogens is 2. The normalized spacial score (nSPS) is 22.7. The molecule has 0 aromatic heterocycles. The maximum absolute atomic E-state index is 12.0. The highest BCUT2D eigenvalue weighted by Crippen LogP contribution is 2.27. The van der Waals surface area contributed by atoms with Crippen LogP contribution in [0.4, 0.5) is 0 Å². The molecule has 0 radical (unpaired) electrons. The van der Waals surface area contributed by atoms with E-state index in [2.05, 4.69) is 24.3 Å². The van der Waals surface area contributed by atoms with Crippen LogP contribution in [0.1, 0.15) is 25.7 Å². The molecule has 0 aromatic rings. The number of likely N-dealkylation sites (tertiary alicyclic amines) is 1. The minimum absolute atomic E-state index is 0. The quantitative estimate of drug-likeness (QED) is 0.833. The molecule has 0 spiro atoms. The van der Waals surface area contributed by atoms with Gasteiger partial charge in [0.2, 0.25) is 5.91 Å². The van der Waals surface area contributed by atoms with Crippen LogP contribution in [0.2, 0.25) is 0 Å². The van der Waals surface area contributed by atoms with Crippen molar-refractivity contribution in [2.75, 3.05) is 40.3 Å². The molecule has 6 heteroatoms. The lowest BCUT2D eigenvalue weighted by Gasteiger charge is -2.36. The van der Waals surface area contributed by atoms with Gasteiger partial charge < -0.3 is 15.1 Å². The number of rotatable bonds is 5. The van der Waals surface area contributed by atoms with E-state index in [9.17, 15) is 4.79 Å². The van der Waals surface area contributed by atoms with E-state index in [1.807, 2.05) is 4.90 Å². The first kappa shape index (κ1) is 19.0. The summed E-state index contributed by atoms with van der Waals surface area (Å²) in [6.07, 6.45) is 5.03. The largest absolute Gasteiger partial charge is 0.340 e. The lowest BCUT2D eigenvalue weighted by molar-refractivity contribution is -0.132. The highest BCUT2D eigenvalue weighted by molar-refractivity contribution is 5.85. The van der Waals surface area contributed by atoms with Crippen molar-refractivity contribution in [3.8, 4) is 0 Å². The maximum atomic E-state index is 12.0. The number of hydrogen-bond donors (Lipinski definition) is 1. The van der Waals surface area contributed by atoms with Crippen molar-refractivity contribution in [3.05, 3.63) is 0 Å². The zero-order chi connectivity index (χ0) is 12.3. The topological polar surface area (TPSA) is 35.6 Å². The van der Waals surface area contributed by atoms with Crippen molar-refractivity contribution >= 4 is 30.7 Å². The Balaban J connectivity index is 0.00000162. The van der Waals surface area contributed by atoms with Gasteiger partial charge in [0, 0.05) is 19.1 Å². The molecule has 1 saturated carbocycles. The number of amides is 1. The van der Waals surface area contributed by atoms with E-state index >= 15 is 0 Å². The standard InChI is InChI=1S/C13H25N3O.2ClH/c1-15(2)12-4-3-7-16(10-12)13(17)9-14-8-11-5-6-11;;/h11-12,14H,3-10H2,1-2H3;2*1H. The molecule has 4 nitrogen and oxygen atoms in total. The predicted octanol–water partition coefficient (Wildman–Crippen LogP) is 1.38. The summed E-state index contributed by atoms with van der Waals surface area (Å²) in [4.78, 5) is 16.3. The second kappa shape index (κ2) is 9.01. The van der Waals surface area contributed by atoms with Gasteiger partial charge in [-0.2, -0.15) is 0 Å². The average molecular weight is 312 g/mol. The second-order valence-corrected chi connectivity index (χ2v) is 5.67. The van der Waals surface area contributed by atoms with Gasteiger partial charge in [-0.1, -0.05) is 0 Å². The van der Waals surface area contributed by atoms with Gasteiger partial charge in [-0.25, -0.2) is 0 Å². The van der Waals surface area contributed by atoms with Crippen molar-refractivity contribution in [1.29, 1.82) is 0 Å². The third kappa shape index (κ3) is 6.30. The summed E-state index contributed by atoms with van der Waals surface area (Å²) < 4.78 is 0. The zero-order valence-electron chi connectivity index (χ0n) is 11.9. The minimum atomic E-state index is 0. The Kier molecular flexibility index (Phi) is 8.99. The molecule has 19 heavy (non-hydrogen) atoms. The van der Waals surface area contributed by atoms with E-state index in [1.54, 1.807) is 0 Å². The highest BCUT2D eigenvalue weighted by Gasteiger charge is 2.25. The third-order valence-corrected chi connectivity index (χ3v) is 3.89. The maximum Gasteiger partial charge on any atom is 0.236 e. The van der Waals surface area contributed by atoms with E-state index in [4.69, 9.17) is 0 Å². The molecule has 1 aliphatic carbocycles. The number of hydrogen-bond acceptors (Lipinski definition) is 3. The first-order chi connectivity index (χ1) is 8.16. The molecule has 0 bridgehead atoms. The summed E-state index contributed by atoms with van der Waals surface area (Å²) in [7, 11) is 4.20. The molecule has 1 amide bonds. The summed E-state index contributed by atoms with van der Waals surface area (Å²) in [6.45, 7) is 3.39. The van der Waals surface area contributed by atoms with E-state index in [0.29, 0.717) is 12.6 Å². The molecule has 1 heterocycles. The molecule has 2 rings (SSSR count). The van der Waals surface area contributed by atoms with Gasteiger partial charge >= 0.3 is 0 Å². The van der Waals surface area contributed by atoms with Crippen LogP contribution in [0.3, 0.4) is 0 Å². The van der Waals surface area contributed by atoms with Gasteiger partial charge in [-0.3, -0.25) is 4.79 Å². The Morgan fingerprint density at radius 1 is 1.26 bits per heavy atom. The molecule has 1 saturated heterocycles. The molecule has 2 fully saturated rings. The predicted molar refractivity (Wildman–Crippen MR) is 83.4 cm³/mol. The fraction of sp³-hybridized carbons (Fsp3) is 0.923. The number of likely N-dealkylation sites (N-methyl/N-ethyl adjacent to an activating group) is 1. The smallest absolute Gasteiger partial charge is 0.236 e. The van der Waals surface area contributed by atoms with Crippen LogP contribution in [0, 0.1) is 5.92 Å². The van der Waals surface area contributed by atoms with Crippen molar-refractivity contribution in [2.24, 2.45) is 5.92 Å². The molecular weight excluding hydrogens is 285 g/mol. The monoisotopic (exact) mass is 311 g/mol. The number of nitrogens with one attached hydrogen (secondary N) is 1. The van der Waals surface area contributed by atoms with Crippen LogP contribution in [0.25, 0.3) is 0 Å². The zero-order valence-corrected chi connectivity index (χ0v) is 13.6. The van der Waals surface area contributed by atoms with Gasteiger partial charge in [0.15, 0.2) is 0 Å². The van der Waals surface area contributed by atoms with E-state index in [-0.39, 0.29) is 30.7 Å². The number of carbonyl (C=O) groups is 1. The first-order valence-electron chi connectivity index (χ1n) is 6.81. The van der Waals surface area contributed by atoms with Crippen molar-refractivity contribution < 1.29 is 4.79 Å². The van der Waals surface area contributed by atoms with E-state index < -0.39 is 0 Å². The first-order valence-corrected chi connectivity index (χ1v) is 6.81. The van der Waals surface area contributed by atoms with Gasteiger partial charge in [-0.15, -0.1) is 24.8 Å². The second-order valence-electron chi connectivity index (χ2n) is 5.67. The van der Waals surface area contributed by atoms with Crippen LogP contribution < -0.4 is 5.32 Å². The Morgan fingerprint density at radius 3 is 2.53 bits per heavy atom. The SMILES string of the molecule is CN(C)C1CCCN(C(=O)CNCC2CC2)C1.Cl.Cl. The summed E-state index contributed by atoms with van der Waals surface area (Å²) >= 11 is 0. The molecule has 1 N–H and O–H groups in total. The fourth-order valence-corrected chi connectivity index (χ4v) is 2.42. The fourth-order valence-electron chi connectivity index (χ4n) is 2.42. The molecule has 2 aliphatic rings. The summed E-state index contributed by atoms with van der Waals surface area (Å²) in [6, 6.07) is 0.538. The highest BCUT2D eigenvalue weighted by atomic mass is 35.5. The van der Waals surface area contributed by atoms with Crippen LogP contribution >= 0.6 is 24.8 Å². The summed E-state index contributed by atoms with van der Waals surface area (Å²) in [5.41, 5.74) is 0. The molecule has 114 valence electrons. The lowest BCUT2D eigenvalue weighted by atomic mass is 10.0. The minimum Gasteiger partial charge on any atom is -0.340 e. The van der Waals surface area contributed by atoms with Crippen molar-refractivity contribution in [2.45, 2.75) is 31.7 Å². The van der Waals surface area contributed by atoms with Crippen LogP contribution in [0.5, 0.6) is 0 Å². The Bertz CT molecular complexity index is 273. The molecular formula is C13H27Cl2N3O. The number of piperidine rings is 1. The summed E-state index contributed by atoms with van der Waals surface area (Å²) in [5.74, 6) is 1.12. The molecule has 1 aliphatic heterocycles. The van der Waals surface area contributed by atoms with Crippen LogP contribution in [-0.2, 0) is 4.79 Å². The van der Waals surface area contributed by atoms with Gasteiger partial charge in [-0.05, 0) is 52.2 Å². The van der Waals surface area contributed by atoms with E-state index in [0.717, 1.165) is 32.0 Å². The molecule has 1 atom stereocenters. The Morgan fingerprint density at radius 2 is 1.95 bits per heavy atom. The van der Waals surface area contributed by atoms with Gasteiger partial charge in [0.25, 0.3) is 0 Å². The molecule has 0 aromatic carbocycles. The van der Waals surface area contributed by atoms with Gasteiger partial charge in [0.05, 0.1) is 6.54 Å². The van der Waals surface area contributed by atoms with E-state index in [1.165, 1.54) is 19.3 Å². The Hall–Kier alpha value is -0.0300. The summed E-state index contributed by atoms with van der Waals surface area (Å²) in [5, 5.41) is 3.28. The van der Waals surface area contributed by atoms with Gasteiger partial charge in [0.1, 0.15) is 0 Å². The van der Waals surface area contributed by atoms with Crippen molar-refractivity contribution in [1.82, 2.24) is 15.1 Å². The average Bonchev–Trinajstić information content (AvgIpc) is 3.13. The Labute approximate surface area is 129 Å². The molecule has 1 unspecified atom stereocenters. The van der Waals surface area contributed by atoms with Crippen LogP contribution in [-0.4, -0.2) is 62.0 Å². The third-order valence-electron chi connectivity index (χ3n) is 3.89. The van der Waals surface area contributed by atoms with Crippen molar-refractivity contribution in [3.63, 3.8) is 0 Å². The van der Waals surface area contributed by atoms with Crippen LogP contribution in [0.15, 0.2) is 0 Å². The lowest BCUT2D eigenvalue weighted by Crippen LogP contribution is -2.49. The number of nitrogens with zero attached hydrogens (tertiary/aromatic N) is 2.